The van der Waals surface area contributed by atoms with Gasteiger partial charge in [0.2, 0.25) is 5.91 Å². The van der Waals surface area contributed by atoms with Gasteiger partial charge in [0, 0.05) is 13.0 Å². The summed E-state index contributed by atoms with van der Waals surface area (Å²) in [5.41, 5.74) is 3.41. The van der Waals surface area contributed by atoms with Crippen molar-refractivity contribution in [3.05, 3.63) is 47.5 Å². The molecule has 1 N–H and O–H groups in total. The lowest BCUT2D eigenvalue weighted by molar-refractivity contribution is -0.190. The molecule has 1 saturated heterocycles. The number of amides is 1. The molecule has 1 atom stereocenters. The zero-order valence-corrected chi connectivity index (χ0v) is 16.2. The quantitative estimate of drug-likeness (QED) is 0.585. The topological polar surface area (TPSA) is 32.3 Å². The summed E-state index contributed by atoms with van der Waals surface area (Å²) in [6.45, 7) is 2.20. The number of hydrazine groups is 1. The van der Waals surface area contributed by atoms with Crippen LogP contribution < -0.4 is 5.43 Å². The molecule has 1 heterocycles. The second-order valence-electron chi connectivity index (χ2n) is 7.45. The fourth-order valence-electron chi connectivity index (χ4n) is 3.98. The van der Waals surface area contributed by atoms with Gasteiger partial charge in [0.05, 0.1) is 0 Å². The van der Waals surface area contributed by atoms with E-state index in [1.807, 2.05) is 24.3 Å². The summed E-state index contributed by atoms with van der Waals surface area (Å²) < 4.78 is 42.6. The van der Waals surface area contributed by atoms with Gasteiger partial charge in [0.1, 0.15) is 0 Å². The highest BCUT2D eigenvalue weighted by molar-refractivity contribution is 5.87. The Hall–Kier alpha value is -2.08. The summed E-state index contributed by atoms with van der Waals surface area (Å²) in [6.07, 6.45) is 1.46. The normalized spacial score (nSPS) is 16.5. The van der Waals surface area contributed by atoms with E-state index in [0.717, 1.165) is 48.1 Å². The van der Waals surface area contributed by atoms with E-state index in [1.54, 1.807) is 12.1 Å². The van der Waals surface area contributed by atoms with Crippen molar-refractivity contribution in [2.45, 2.75) is 64.1 Å². The van der Waals surface area contributed by atoms with Gasteiger partial charge in [-0.2, -0.15) is 13.2 Å². The number of unbranched alkanes of at least 4 members (excludes halogenated alkanes) is 4. The van der Waals surface area contributed by atoms with Crippen LogP contribution in [0.2, 0.25) is 0 Å². The molecule has 28 heavy (non-hydrogen) atoms. The largest absolute Gasteiger partial charge is 0.409 e. The number of alkyl halides is 3. The van der Waals surface area contributed by atoms with E-state index in [2.05, 4.69) is 12.3 Å². The van der Waals surface area contributed by atoms with Crippen molar-refractivity contribution < 1.29 is 18.0 Å². The van der Waals surface area contributed by atoms with Crippen LogP contribution in [-0.4, -0.2) is 23.6 Å². The van der Waals surface area contributed by atoms with Gasteiger partial charge in [0.25, 0.3) is 0 Å². The molecule has 0 aromatic heterocycles. The Balaban J connectivity index is 2.01. The van der Waals surface area contributed by atoms with Gasteiger partial charge in [-0.05, 0) is 34.7 Å². The summed E-state index contributed by atoms with van der Waals surface area (Å²) in [7, 11) is 0. The van der Waals surface area contributed by atoms with Gasteiger partial charge in [-0.15, -0.1) is 0 Å². The number of hydrogen-bond acceptors (Lipinski definition) is 2. The third-order valence-electron chi connectivity index (χ3n) is 5.35. The Morgan fingerprint density at radius 2 is 1.82 bits per heavy atom. The molecule has 1 fully saturated rings. The average molecular weight is 392 g/mol. The molecule has 1 amide bonds. The molecule has 3 rings (SSSR count). The highest BCUT2D eigenvalue weighted by Crippen LogP contribution is 2.42. The number of carbonyl (C=O) groups excluding carboxylic acids is 1. The number of carbonyl (C=O) groups is 1. The number of halogens is 3. The predicted molar refractivity (Wildman–Crippen MR) is 105 cm³/mol. The number of nitrogens with zero attached hydrogens (tertiary/aromatic N) is 1. The van der Waals surface area contributed by atoms with Crippen LogP contribution in [0, 0.1) is 0 Å². The van der Waals surface area contributed by atoms with Crippen LogP contribution in [-0.2, 0) is 11.2 Å². The first kappa shape index (κ1) is 20.6. The van der Waals surface area contributed by atoms with Crippen LogP contribution in [0.1, 0.15) is 62.6 Å². The van der Waals surface area contributed by atoms with E-state index in [0.29, 0.717) is 11.8 Å². The lowest BCUT2D eigenvalue weighted by Gasteiger charge is -2.32. The van der Waals surface area contributed by atoms with Gasteiger partial charge >= 0.3 is 6.18 Å². The van der Waals surface area contributed by atoms with E-state index in [1.165, 1.54) is 0 Å². The second-order valence-corrected chi connectivity index (χ2v) is 7.45. The number of benzene rings is 2. The van der Waals surface area contributed by atoms with Crippen molar-refractivity contribution in [2.24, 2.45) is 0 Å². The molecule has 1 aliphatic rings. The summed E-state index contributed by atoms with van der Waals surface area (Å²) in [5, 5.41) is 2.45. The minimum absolute atomic E-state index is 0.0577. The maximum Gasteiger partial charge on any atom is 0.409 e. The second kappa shape index (κ2) is 8.95. The standard InChI is InChI=1S/C22H27F3N2O/c1-2-3-4-5-6-10-17-13-12-16-9-7-8-11-18(16)20(17)21(22(23,24)25)27-15-14-19(28)26-27/h7-9,11-13,21H,2-6,10,14-15H2,1H3,(H,26,28). The monoisotopic (exact) mass is 392 g/mol. The van der Waals surface area contributed by atoms with Crippen LogP contribution in [0.25, 0.3) is 10.8 Å². The molecule has 2 aromatic rings. The van der Waals surface area contributed by atoms with Gasteiger partial charge in [-0.1, -0.05) is 69.0 Å². The van der Waals surface area contributed by atoms with Crippen molar-refractivity contribution in [1.82, 2.24) is 10.4 Å². The van der Waals surface area contributed by atoms with Gasteiger partial charge < -0.3 is 0 Å². The molecule has 0 bridgehead atoms. The van der Waals surface area contributed by atoms with Crippen LogP contribution in [0.4, 0.5) is 13.2 Å². The fourth-order valence-corrected chi connectivity index (χ4v) is 3.98. The predicted octanol–water partition coefficient (Wildman–Crippen LogP) is 5.69. The van der Waals surface area contributed by atoms with E-state index >= 15 is 0 Å². The highest BCUT2D eigenvalue weighted by Gasteiger charge is 2.48. The molecule has 2 aromatic carbocycles. The molecule has 3 nitrogen and oxygen atoms in total. The molecule has 0 aliphatic carbocycles. The smallest absolute Gasteiger partial charge is 0.288 e. The van der Waals surface area contributed by atoms with Crippen LogP contribution in [0.5, 0.6) is 0 Å². The number of hydrogen-bond donors (Lipinski definition) is 1. The Labute approximate surface area is 163 Å². The molecular weight excluding hydrogens is 365 g/mol. The minimum Gasteiger partial charge on any atom is -0.288 e. The van der Waals surface area contributed by atoms with E-state index in [4.69, 9.17) is 0 Å². The number of aryl methyl sites for hydroxylation is 1. The molecule has 0 spiro atoms. The molecule has 152 valence electrons. The summed E-state index contributed by atoms with van der Waals surface area (Å²) in [5.74, 6) is -0.365. The van der Waals surface area contributed by atoms with Gasteiger partial charge in [0.15, 0.2) is 6.04 Å². The molecule has 0 radical (unpaired) electrons. The maximum absolute atomic E-state index is 14.2. The third kappa shape index (κ3) is 4.66. The van der Waals surface area contributed by atoms with Crippen LogP contribution in [0.15, 0.2) is 36.4 Å². The molecule has 6 heteroatoms. The first-order valence-electron chi connectivity index (χ1n) is 10.0. The van der Waals surface area contributed by atoms with E-state index < -0.39 is 12.2 Å². The summed E-state index contributed by atoms with van der Waals surface area (Å²) in [4.78, 5) is 11.6. The summed E-state index contributed by atoms with van der Waals surface area (Å²) >= 11 is 0. The lowest BCUT2D eigenvalue weighted by Crippen LogP contribution is -2.44. The van der Waals surface area contributed by atoms with Crippen molar-refractivity contribution in [3.8, 4) is 0 Å². The number of fused-ring (bicyclic) bond motifs is 1. The van der Waals surface area contributed by atoms with Crippen molar-refractivity contribution in [2.75, 3.05) is 6.54 Å². The molecule has 1 unspecified atom stereocenters. The lowest BCUT2D eigenvalue weighted by atomic mass is 9.90. The third-order valence-corrected chi connectivity index (χ3v) is 5.35. The van der Waals surface area contributed by atoms with Crippen molar-refractivity contribution in [1.29, 1.82) is 0 Å². The van der Waals surface area contributed by atoms with Crippen molar-refractivity contribution >= 4 is 16.7 Å². The Bertz CT molecular complexity index is 819. The molecular formula is C22H27F3N2O. The Morgan fingerprint density at radius 3 is 2.50 bits per heavy atom. The maximum atomic E-state index is 14.2. The first-order valence-corrected chi connectivity index (χ1v) is 10.0. The Morgan fingerprint density at radius 1 is 1.07 bits per heavy atom. The zero-order valence-electron chi connectivity index (χ0n) is 16.2. The SMILES string of the molecule is CCCCCCCc1ccc2ccccc2c1C(N1CCC(=O)N1)C(F)(F)F. The van der Waals surface area contributed by atoms with E-state index in [9.17, 15) is 18.0 Å². The fraction of sp³-hybridized carbons (Fsp3) is 0.500. The van der Waals surface area contributed by atoms with Gasteiger partial charge in [-0.3, -0.25) is 10.2 Å². The van der Waals surface area contributed by atoms with Crippen molar-refractivity contribution in [3.63, 3.8) is 0 Å². The van der Waals surface area contributed by atoms with Crippen LogP contribution >= 0.6 is 0 Å². The molecule has 0 saturated carbocycles. The summed E-state index contributed by atoms with van der Waals surface area (Å²) in [6, 6.07) is 9.08. The number of rotatable bonds is 8. The van der Waals surface area contributed by atoms with Crippen LogP contribution in [0.3, 0.4) is 0 Å². The minimum atomic E-state index is -4.49. The Kier molecular flexibility index (Phi) is 6.60. The van der Waals surface area contributed by atoms with Gasteiger partial charge in [-0.25, -0.2) is 5.01 Å². The van der Waals surface area contributed by atoms with E-state index in [-0.39, 0.29) is 24.4 Å². The average Bonchev–Trinajstić information content (AvgIpc) is 3.07. The zero-order chi connectivity index (χ0) is 20.1. The molecule has 1 aliphatic heterocycles. The number of nitrogens with one attached hydrogen (secondary N) is 1. The highest BCUT2D eigenvalue weighted by atomic mass is 19.4. The first-order chi connectivity index (χ1) is 13.4.